The molecule has 0 aromatic heterocycles. The molecule has 0 heterocycles. The normalized spacial score (nSPS) is 11.0. The largest absolute Gasteiger partial charge is 0.463 e. The van der Waals surface area contributed by atoms with Crippen LogP contribution in [-0.4, -0.2) is 220 Å². The van der Waals surface area contributed by atoms with Gasteiger partial charge in [0.15, 0.2) is 0 Å². The fourth-order valence-electron chi connectivity index (χ4n) is 3.25. The summed E-state index contributed by atoms with van der Waals surface area (Å²) >= 11 is 0. The van der Waals surface area contributed by atoms with Crippen molar-refractivity contribution in [1.29, 1.82) is 0 Å². The zero-order valence-electron chi connectivity index (χ0n) is 46.6. The van der Waals surface area contributed by atoms with Crippen molar-refractivity contribution in [3.63, 3.8) is 0 Å². The van der Waals surface area contributed by atoms with Gasteiger partial charge in [0.05, 0.1) is 23.9 Å². The quantitative estimate of drug-likeness (QED) is 0.0125. The molecule has 0 fully saturated rings. The monoisotopic (exact) mass is 1390 g/mol. The molecule has 86 heavy (non-hydrogen) atoms. The van der Waals surface area contributed by atoms with E-state index in [2.05, 4.69) is 88.7 Å². The van der Waals surface area contributed by atoms with Gasteiger partial charge in [-0.3, -0.25) is 41.5 Å². The fraction of sp³-hybridized carbons (Fsp3) is 0.500. The van der Waals surface area contributed by atoms with Crippen LogP contribution in [0.3, 0.4) is 0 Å². The molecule has 2 amide bonds. The van der Waals surface area contributed by atoms with E-state index in [4.69, 9.17) is 31.9 Å². The smallest absolute Gasteiger partial charge is 0.397 e. The summed E-state index contributed by atoms with van der Waals surface area (Å²) in [5, 5.41) is 4.92. The van der Waals surface area contributed by atoms with Crippen molar-refractivity contribution < 1.29 is 156 Å². The number of carbonyl (C=O) groups excluding carboxylic acids is 7. The highest BCUT2D eigenvalue weighted by Crippen LogP contribution is 2.09. The molecule has 0 aromatic rings. The van der Waals surface area contributed by atoms with Gasteiger partial charge >= 0.3 is 50.6 Å². The number of rotatable bonds is 33. The standard InChI is InChI=1S/C8H15NO4S.C6H11NO4S.C6H10O6S.2C6H10O5S.C5H8O6S.C5H8O5S/c1-4-7(10)9-8(2,3)5-6-14(11,12)13;1-2-6(8)7-4-3-5-12(9,10)11;1-5(2)6(7)11-3-4-12-13(8,9)10;1-5(2)6(7)11-3-4-12(8,9)10;1-2-6(7)11-4-3-5-12(8,9)10;1-2-5(6)10-3-4-11-12(7,8)9;1-2-5(6)10-3-4-11(7,8)9/h4H,1,5-6H2,2-3H3,(H,9,10)(H,11,12,13);2H,1,3-5H2,(H,7,8)(H,9,10,11);1,3-4H2,2H3,(H,8,9,10);1,3-4H2,2H3,(H,8,9,10);2H,1,3-5H2,(H,8,9,10);2H,1,3-4H2,(H,7,8,9);2H,1,3-4H2,(H,7,8,9). The summed E-state index contributed by atoms with van der Waals surface area (Å²) in [4.78, 5) is 73.7. The van der Waals surface area contributed by atoms with Gasteiger partial charge in [-0.2, -0.15) is 58.9 Å². The van der Waals surface area contributed by atoms with Gasteiger partial charge in [0, 0.05) is 41.5 Å². The minimum atomic E-state index is -4.46. The fourth-order valence-corrected chi connectivity index (χ4v) is 6.15. The SMILES string of the molecule is C=C(C)C(=O)OCCOS(=O)(=O)O.C=C(C)C(=O)OCCS(=O)(=O)O.C=CC(=O)NC(C)(C)CCS(=O)(=O)O.C=CC(=O)NCCCS(=O)(=O)O.C=CC(=O)OCCCS(=O)(=O)O.C=CC(=O)OCCOS(=O)(=O)O.C=CC(=O)OCCS(=O)(=O)O. The Morgan fingerprint density at radius 2 is 0.709 bits per heavy atom. The maximum absolute atomic E-state index is 10.9. The Hall–Kier alpha value is -6.24. The van der Waals surface area contributed by atoms with E-state index in [9.17, 15) is 92.5 Å². The molecule has 0 saturated heterocycles. The maximum Gasteiger partial charge on any atom is 0.397 e. The van der Waals surface area contributed by atoms with Crippen LogP contribution in [0.25, 0.3) is 0 Å². The van der Waals surface area contributed by atoms with Crippen LogP contribution in [0.4, 0.5) is 0 Å². The third-order valence-corrected chi connectivity index (χ3v) is 11.6. The van der Waals surface area contributed by atoms with Crippen molar-refractivity contribution in [1.82, 2.24) is 10.6 Å². The summed E-state index contributed by atoms with van der Waals surface area (Å²) in [7, 11) is -28.8. The molecule has 0 radical (unpaired) electrons. The molecule has 0 unspecified atom stereocenters. The average molecular weight is 1390 g/mol. The zero-order valence-corrected chi connectivity index (χ0v) is 52.3. The molecule has 9 N–H and O–H groups in total. The van der Waals surface area contributed by atoms with Crippen LogP contribution in [0.15, 0.2) is 87.6 Å². The molecule has 37 nitrogen and oxygen atoms in total. The summed E-state index contributed by atoms with van der Waals surface area (Å²) in [5.74, 6) is -6.35. The van der Waals surface area contributed by atoms with Crippen LogP contribution < -0.4 is 10.6 Å². The van der Waals surface area contributed by atoms with Gasteiger partial charge in [0.2, 0.25) is 11.8 Å². The van der Waals surface area contributed by atoms with Gasteiger partial charge in [0.1, 0.15) is 51.1 Å². The second-order valence-corrected chi connectivity index (χ2v) is 25.4. The first-order chi connectivity index (χ1) is 38.6. The Morgan fingerprint density at radius 3 is 1.02 bits per heavy atom. The summed E-state index contributed by atoms with van der Waals surface area (Å²) in [6, 6.07) is 0. The Morgan fingerprint density at radius 1 is 0.407 bits per heavy atom. The second kappa shape index (κ2) is 48.8. The van der Waals surface area contributed by atoms with Gasteiger partial charge in [-0.1, -0.05) is 46.1 Å². The first kappa shape index (κ1) is 93.5. The highest BCUT2D eigenvalue weighted by molar-refractivity contribution is 7.86. The molecule has 0 bridgehead atoms. The van der Waals surface area contributed by atoms with Crippen molar-refractivity contribution in [3.05, 3.63) is 87.6 Å². The predicted molar refractivity (Wildman–Crippen MR) is 302 cm³/mol. The van der Waals surface area contributed by atoms with E-state index < -0.39 is 137 Å². The molecule has 0 aromatic carbocycles. The molecule has 0 spiro atoms. The molecule has 0 aliphatic heterocycles. The number of carbonyl (C=O) groups is 7. The third-order valence-electron chi connectivity index (χ3n) is 6.95. The van der Waals surface area contributed by atoms with Crippen molar-refractivity contribution >= 4 is 113 Å². The number of amides is 2. The van der Waals surface area contributed by atoms with Gasteiger partial charge in [-0.25, -0.2) is 32.3 Å². The van der Waals surface area contributed by atoms with Crippen molar-refractivity contribution in [3.8, 4) is 0 Å². The van der Waals surface area contributed by atoms with E-state index in [1.165, 1.54) is 13.8 Å². The van der Waals surface area contributed by atoms with E-state index in [0.717, 1.165) is 30.4 Å². The number of esters is 5. The molecule has 0 rings (SSSR count). The molecular formula is C42H72N2O35S7. The average Bonchev–Trinajstić information content (AvgIpc) is 3.34. The van der Waals surface area contributed by atoms with Crippen molar-refractivity contribution in [2.24, 2.45) is 0 Å². The van der Waals surface area contributed by atoms with E-state index in [1.54, 1.807) is 13.8 Å². The zero-order chi connectivity index (χ0) is 69.4. The molecular weight excluding hydrogens is 1320 g/mol. The summed E-state index contributed by atoms with van der Waals surface area (Å²) < 4.78 is 229. The molecule has 0 aliphatic carbocycles. The number of hydrogen-bond donors (Lipinski definition) is 9. The predicted octanol–water partition coefficient (Wildman–Crippen LogP) is -1.04. The first-order valence-corrected chi connectivity index (χ1v) is 33.3. The lowest BCUT2D eigenvalue weighted by molar-refractivity contribution is -0.140. The van der Waals surface area contributed by atoms with Crippen LogP contribution in [0.1, 0.15) is 47.0 Å². The number of hydrogen-bond acceptors (Lipinski definition) is 28. The third kappa shape index (κ3) is 94.1. The van der Waals surface area contributed by atoms with E-state index in [0.29, 0.717) is 0 Å². The summed E-state index contributed by atoms with van der Waals surface area (Å²) in [6.07, 6.45) is 5.43. The van der Waals surface area contributed by atoms with Crippen molar-refractivity contribution in [2.45, 2.75) is 52.5 Å². The molecule has 0 saturated carbocycles. The summed E-state index contributed by atoms with van der Waals surface area (Å²) in [5.41, 5.74) is -0.293. The minimum absolute atomic E-state index is 0.0371. The van der Waals surface area contributed by atoms with E-state index in [-0.39, 0.29) is 93.3 Å². The molecule has 0 aliphatic rings. The lowest BCUT2D eigenvalue weighted by atomic mass is 10.0. The van der Waals surface area contributed by atoms with Gasteiger partial charge in [-0.05, 0) is 59.1 Å². The number of nitrogens with one attached hydrogen (secondary N) is 2. The van der Waals surface area contributed by atoms with E-state index >= 15 is 0 Å². The highest BCUT2D eigenvalue weighted by Gasteiger charge is 2.22. The van der Waals surface area contributed by atoms with Gasteiger partial charge < -0.3 is 34.3 Å². The lowest BCUT2D eigenvalue weighted by Crippen LogP contribution is -2.43. The van der Waals surface area contributed by atoms with Crippen LogP contribution in [0.2, 0.25) is 0 Å². The molecule has 44 heteroatoms. The first-order valence-electron chi connectivity index (χ1n) is 22.5. The van der Waals surface area contributed by atoms with Gasteiger partial charge in [0.25, 0.3) is 50.6 Å². The van der Waals surface area contributed by atoms with Gasteiger partial charge in [-0.15, -0.1) is 0 Å². The van der Waals surface area contributed by atoms with Crippen LogP contribution in [0.5, 0.6) is 0 Å². The summed E-state index contributed by atoms with van der Waals surface area (Å²) in [6.45, 7) is 26.7. The topological polar surface area (TPSA) is 589 Å². The minimum Gasteiger partial charge on any atom is -0.463 e. The van der Waals surface area contributed by atoms with Crippen LogP contribution in [-0.2, 0) is 137 Å². The molecule has 0 atom stereocenters. The Balaban J connectivity index is -0.000000170. The Bertz CT molecular complexity index is 2910. The lowest BCUT2D eigenvalue weighted by Gasteiger charge is -2.24. The van der Waals surface area contributed by atoms with Crippen molar-refractivity contribution in [2.75, 3.05) is 81.6 Å². The Labute approximate surface area is 499 Å². The number of ether oxygens (including phenoxy) is 5. The second-order valence-electron chi connectivity index (χ2n) is 15.4. The highest BCUT2D eigenvalue weighted by atomic mass is 32.3. The van der Waals surface area contributed by atoms with E-state index in [1.807, 2.05) is 0 Å². The molecule has 502 valence electrons. The van der Waals surface area contributed by atoms with Crippen LogP contribution >= 0.6 is 0 Å². The maximum atomic E-state index is 10.9. The van der Waals surface area contributed by atoms with Crippen LogP contribution in [0, 0.1) is 0 Å². The Kier molecular flexibility index (Phi) is 53.1.